The standard InChI is InChI=1S/C28H35N5O3/c1-4-7-10-15-29-28(35)33-19-21(31-36-16-5-2)18-26(33)27(34)30-20-13-14-25-23(17-20)22-11-8-9-12-24(22)32(25)6-3/h5,8-9,11-14,17,26H,2,4,6-7,10,15-16,18-19H2,1,3H3,(H,29,35)(H,30,34)/t26-/m0/s1. The van der Waals surface area contributed by atoms with Gasteiger partial charge in [0.1, 0.15) is 12.6 Å². The van der Waals surface area contributed by atoms with Gasteiger partial charge in [-0.1, -0.05) is 55.8 Å². The van der Waals surface area contributed by atoms with Crippen LogP contribution in [-0.2, 0) is 16.2 Å². The van der Waals surface area contributed by atoms with Crippen molar-refractivity contribution in [2.75, 3.05) is 25.0 Å². The van der Waals surface area contributed by atoms with E-state index >= 15 is 0 Å². The lowest BCUT2D eigenvalue weighted by molar-refractivity contribution is -0.119. The Balaban J connectivity index is 1.55. The maximum atomic E-state index is 13.4. The third-order valence-corrected chi connectivity index (χ3v) is 6.52. The van der Waals surface area contributed by atoms with Crippen LogP contribution in [0.15, 0.2) is 60.3 Å². The number of nitrogens with one attached hydrogen (secondary N) is 2. The zero-order chi connectivity index (χ0) is 25.5. The Morgan fingerprint density at radius 2 is 1.94 bits per heavy atom. The SMILES string of the molecule is C=CCON=C1C[C@@H](C(=O)Nc2ccc3c(c2)c2ccccc2n3CC)N(C(=O)NCCCCC)C1. The van der Waals surface area contributed by atoms with Crippen LogP contribution < -0.4 is 10.6 Å². The second-order valence-electron chi connectivity index (χ2n) is 9.01. The van der Waals surface area contributed by atoms with Crippen molar-refractivity contribution in [3.63, 3.8) is 0 Å². The number of unbranched alkanes of at least 4 members (excludes halogenated alkanes) is 2. The summed E-state index contributed by atoms with van der Waals surface area (Å²) in [7, 11) is 0. The molecule has 0 radical (unpaired) electrons. The van der Waals surface area contributed by atoms with Crippen LogP contribution in [0.25, 0.3) is 21.8 Å². The van der Waals surface area contributed by atoms with Crippen molar-refractivity contribution in [2.24, 2.45) is 5.16 Å². The van der Waals surface area contributed by atoms with E-state index in [2.05, 4.69) is 52.9 Å². The maximum absolute atomic E-state index is 13.4. The average Bonchev–Trinajstić information content (AvgIpc) is 3.46. The molecule has 1 aliphatic heterocycles. The van der Waals surface area contributed by atoms with Crippen LogP contribution in [0.2, 0.25) is 0 Å². The van der Waals surface area contributed by atoms with E-state index in [1.807, 2.05) is 30.3 Å². The van der Waals surface area contributed by atoms with Crippen molar-refractivity contribution < 1.29 is 14.4 Å². The molecule has 3 amide bonds. The monoisotopic (exact) mass is 489 g/mol. The van der Waals surface area contributed by atoms with Crippen LogP contribution in [0.3, 0.4) is 0 Å². The molecule has 2 N–H and O–H groups in total. The predicted molar refractivity (Wildman–Crippen MR) is 145 cm³/mol. The number of para-hydroxylation sites is 1. The zero-order valence-electron chi connectivity index (χ0n) is 21.1. The number of fused-ring (bicyclic) bond motifs is 3. The molecule has 190 valence electrons. The van der Waals surface area contributed by atoms with E-state index < -0.39 is 6.04 Å². The molecule has 36 heavy (non-hydrogen) atoms. The number of likely N-dealkylation sites (tertiary alicyclic amines) is 1. The van der Waals surface area contributed by atoms with Gasteiger partial charge in [-0.15, -0.1) is 0 Å². The van der Waals surface area contributed by atoms with Crippen molar-refractivity contribution in [3.05, 3.63) is 55.1 Å². The van der Waals surface area contributed by atoms with Crippen LogP contribution in [0, 0.1) is 0 Å². The number of aromatic nitrogens is 1. The van der Waals surface area contributed by atoms with Gasteiger partial charge in [-0.05, 0) is 37.6 Å². The molecule has 3 aromatic rings. The van der Waals surface area contributed by atoms with Crippen LogP contribution in [0.1, 0.15) is 39.5 Å². The molecule has 1 atom stereocenters. The first-order chi connectivity index (χ1) is 17.6. The lowest BCUT2D eigenvalue weighted by atomic mass is 10.1. The Kier molecular flexibility index (Phi) is 8.25. The fraction of sp³-hybridized carbons (Fsp3) is 0.393. The number of amides is 3. The number of urea groups is 1. The molecule has 1 aliphatic rings. The fourth-order valence-electron chi connectivity index (χ4n) is 4.77. The highest BCUT2D eigenvalue weighted by Gasteiger charge is 2.38. The van der Waals surface area contributed by atoms with E-state index in [0.717, 1.165) is 42.1 Å². The Bertz CT molecular complexity index is 1280. The number of nitrogens with zero attached hydrogens (tertiary/aromatic N) is 3. The summed E-state index contributed by atoms with van der Waals surface area (Å²) in [6.45, 7) is 9.82. The minimum atomic E-state index is -0.671. The summed E-state index contributed by atoms with van der Waals surface area (Å²) in [5.41, 5.74) is 3.64. The van der Waals surface area contributed by atoms with E-state index in [1.165, 1.54) is 5.52 Å². The molecule has 0 saturated carbocycles. The van der Waals surface area contributed by atoms with Crippen molar-refractivity contribution in [1.29, 1.82) is 0 Å². The molecule has 8 nitrogen and oxygen atoms in total. The van der Waals surface area contributed by atoms with E-state index in [4.69, 9.17) is 4.84 Å². The smallest absolute Gasteiger partial charge is 0.318 e. The van der Waals surface area contributed by atoms with Crippen molar-refractivity contribution >= 4 is 45.1 Å². The molecule has 0 spiro atoms. The second kappa shape index (κ2) is 11.7. The lowest BCUT2D eigenvalue weighted by Gasteiger charge is -2.23. The summed E-state index contributed by atoms with van der Waals surface area (Å²) in [5, 5.41) is 12.3. The van der Waals surface area contributed by atoms with Gasteiger partial charge in [0.2, 0.25) is 5.91 Å². The summed E-state index contributed by atoms with van der Waals surface area (Å²) in [6.07, 6.45) is 4.95. The number of carbonyl (C=O) groups is 2. The van der Waals surface area contributed by atoms with Crippen LogP contribution in [-0.4, -0.2) is 52.9 Å². The number of carbonyl (C=O) groups excluding carboxylic acids is 2. The third-order valence-electron chi connectivity index (χ3n) is 6.52. The van der Waals surface area contributed by atoms with Crippen molar-refractivity contribution in [3.8, 4) is 0 Å². The zero-order valence-corrected chi connectivity index (χ0v) is 21.1. The average molecular weight is 490 g/mol. The molecule has 2 aromatic carbocycles. The van der Waals surface area contributed by atoms with Gasteiger partial charge in [0.25, 0.3) is 0 Å². The summed E-state index contributed by atoms with van der Waals surface area (Å²) < 4.78 is 2.27. The van der Waals surface area contributed by atoms with Gasteiger partial charge in [0.15, 0.2) is 0 Å². The molecular weight excluding hydrogens is 454 g/mol. The summed E-state index contributed by atoms with van der Waals surface area (Å²) in [5.74, 6) is -0.244. The highest BCUT2D eigenvalue weighted by Crippen LogP contribution is 2.31. The summed E-state index contributed by atoms with van der Waals surface area (Å²) >= 11 is 0. The summed E-state index contributed by atoms with van der Waals surface area (Å²) in [4.78, 5) is 33.1. The number of benzene rings is 2. The Hall–Kier alpha value is -3.81. The van der Waals surface area contributed by atoms with Gasteiger partial charge >= 0.3 is 6.03 Å². The number of hydrogen-bond acceptors (Lipinski definition) is 4. The number of rotatable bonds is 10. The van der Waals surface area contributed by atoms with Gasteiger partial charge in [0.05, 0.1) is 12.3 Å². The molecule has 1 saturated heterocycles. The highest BCUT2D eigenvalue weighted by atomic mass is 16.6. The first-order valence-electron chi connectivity index (χ1n) is 12.7. The quantitative estimate of drug-likeness (QED) is 0.231. The van der Waals surface area contributed by atoms with Gasteiger partial charge < -0.3 is 24.9 Å². The molecule has 0 bridgehead atoms. The molecule has 0 unspecified atom stereocenters. The molecule has 8 heteroatoms. The van der Waals surface area contributed by atoms with Gasteiger partial charge in [0, 0.05) is 47.0 Å². The van der Waals surface area contributed by atoms with E-state index in [1.54, 1.807) is 11.0 Å². The topological polar surface area (TPSA) is 88.0 Å². The lowest BCUT2D eigenvalue weighted by Crippen LogP contribution is -2.48. The molecule has 2 heterocycles. The number of anilines is 1. The second-order valence-corrected chi connectivity index (χ2v) is 9.01. The largest absolute Gasteiger partial charge is 0.392 e. The molecule has 1 aromatic heterocycles. The minimum Gasteiger partial charge on any atom is -0.392 e. The minimum absolute atomic E-state index is 0.244. The van der Waals surface area contributed by atoms with Gasteiger partial charge in [-0.2, -0.15) is 0 Å². The van der Waals surface area contributed by atoms with Crippen molar-refractivity contribution in [2.45, 2.75) is 52.1 Å². The molecule has 0 aliphatic carbocycles. The number of aryl methyl sites for hydroxylation is 1. The number of oxime groups is 1. The van der Waals surface area contributed by atoms with Crippen LogP contribution in [0.5, 0.6) is 0 Å². The first kappa shape index (κ1) is 25.3. The fourth-order valence-corrected chi connectivity index (χ4v) is 4.77. The Morgan fingerprint density at radius 3 is 2.72 bits per heavy atom. The normalized spacial score (nSPS) is 16.6. The van der Waals surface area contributed by atoms with Crippen LogP contribution >= 0.6 is 0 Å². The molecule has 1 fully saturated rings. The van der Waals surface area contributed by atoms with Gasteiger partial charge in [-0.3, -0.25) is 4.79 Å². The molecular formula is C28H35N5O3. The highest BCUT2D eigenvalue weighted by molar-refractivity contribution is 6.10. The van der Waals surface area contributed by atoms with E-state index in [9.17, 15) is 9.59 Å². The van der Waals surface area contributed by atoms with E-state index in [-0.39, 0.29) is 25.1 Å². The van der Waals surface area contributed by atoms with Crippen molar-refractivity contribution in [1.82, 2.24) is 14.8 Å². The first-order valence-corrected chi connectivity index (χ1v) is 12.7. The Morgan fingerprint density at radius 1 is 1.14 bits per heavy atom. The van der Waals surface area contributed by atoms with E-state index in [0.29, 0.717) is 24.4 Å². The van der Waals surface area contributed by atoms with Gasteiger partial charge in [-0.25, -0.2) is 4.79 Å². The Labute approximate surface area is 212 Å². The van der Waals surface area contributed by atoms with Crippen LogP contribution in [0.4, 0.5) is 10.5 Å². The summed E-state index contributed by atoms with van der Waals surface area (Å²) in [6, 6.07) is 13.3. The third kappa shape index (κ3) is 5.37. The maximum Gasteiger partial charge on any atom is 0.318 e. The molecule has 4 rings (SSSR count). The number of hydrogen-bond donors (Lipinski definition) is 2. The predicted octanol–water partition coefficient (Wildman–Crippen LogP) is 5.29.